The summed E-state index contributed by atoms with van der Waals surface area (Å²) in [7, 11) is 0. The van der Waals surface area contributed by atoms with Crippen LogP contribution in [0.25, 0.3) is 0 Å². The third kappa shape index (κ3) is 3.15. The zero-order valence-corrected chi connectivity index (χ0v) is 13.2. The minimum atomic E-state index is -1.17. The van der Waals surface area contributed by atoms with Crippen LogP contribution in [-0.4, -0.2) is 31.1 Å². The molecule has 1 aromatic carbocycles. The number of piperazine rings is 1. The number of hydrogen-bond donors (Lipinski definition) is 1. The first-order chi connectivity index (χ1) is 10.6. The minimum absolute atomic E-state index is 0.0120. The van der Waals surface area contributed by atoms with E-state index in [0.29, 0.717) is 23.5 Å². The van der Waals surface area contributed by atoms with Crippen LogP contribution in [0, 0.1) is 17.5 Å². The molecule has 1 aliphatic rings. The number of rotatable bonds is 3. The summed E-state index contributed by atoms with van der Waals surface area (Å²) in [5, 5.41) is 3.21. The molecule has 0 spiro atoms. The number of thiophene rings is 1. The first-order valence-corrected chi connectivity index (χ1v) is 8.10. The van der Waals surface area contributed by atoms with Gasteiger partial charge in [0.1, 0.15) is 5.82 Å². The fraction of sp³-hybridized carbons (Fsp3) is 0.333. The van der Waals surface area contributed by atoms with E-state index in [1.807, 2.05) is 4.90 Å². The second-order valence-electron chi connectivity index (χ2n) is 5.12. The normalized spacial score (nSPS) is 17.6. The van der Waals surface area contributed by atoms with Crippen LogP contribution in [0.1, 0.15) is 16.5 Å². The Labute approximate surface area is 135 Å². The van der Waals surface area contributed by atoms with E-state index >= 15 is 0 Å². The summed E-state index contributed by atoms with van der Waals surface area (Å²) >= 11 is 7.28. The lowest BCUT2D eigenvalue weighted by molar-refractivity contribution is 0.196. The summed E-state index contributed by atoms with van der Waals surface area (Å²) in [6, 6.07) is 4.59. The van der Waals surface area contributed by atoms with Crippen LogP contribution in [-0.2, 0) is 0 Å². The number of halogens is 4. The Bertz CT molecular complexity index is 671. The predicted molar refractivity (Wildman–Crippen MR) is 81.9 cm³/mol. The van der Waals surface area contributed by atoms with Gasteiger partial charge in [-0.25, -0.2) is 13.2 Å². The highest BCUT2D eigenvalue weighted by Crippen LogP contribution is 2.37. The van der Waals surface area contributed by atoms with Crippen molar-refractivity contribution >= 4 is 22.9 Å². The monoisotopic (exact) mass is 346 g/mol. The van der Waals surface area contributed by atoms with Crippen molar-refractivity contribution in [3.63, 3.8) is 0 Å². The molecule has 1 N–H and O–H groups in total. The van der Waals surface area contributed by atoms with Gasteiger partial charge in [-0.15, -0.1) is 11.3 Å². The Kier molecular flexibility index (Phi) is 4.73. The van der Waals surface area contributed by atoms with Crippen molar-refractivity contribution in [2.45, 2.75) is 6.04 Å². The molecular formula is C15H14ClF3N2S. The molecule has 2 heterocycles. The van der Waals surface area contributed by atoms with Crippen LogP contribution in [0.2, 0.25) is 4.34 Å². The summed E-state index contributed by atoms with van der Waals surface area (Å²) in [5.74, 6) is -2.95. The highest BCUT2D eigenvalue weighted by molar-refractivity contribution is 7.16. The van der Waals surface area contributed by atoms with E-state index in [0.717, 1.165) is 24.0 Å². The standard InChI is InChI=1S/C15H14ClF3N2S/c16-13-2-1-12(22-13)15(21-5-3-20-4-6-21)10-7-9(17)8-11(18)14(10)19/h1-2,7-8,15,20H,3-6H2/t15-/m1/s1. The number of nitrogens with one attached hydrogen (secondary N) is 1. The molecule has 1 atom stereocenters. The Morgan fingerprint density at radius 3 is 2.50 bits per heavy atom. The molecule has 1 saturated heterocycles. The Morgan fingerprint density at radius 2 is 1.86 bits per heavy atom. The van der Waals surface area contributed by atoms with E-state index < -0.39 is 23.5 Å². The second-order valence-corrected chi connectivity index (χ2v) is 6.87. The highest BCUT2D eigenvalue weighted by atomic mass is 35.5. The molecule has 22 heavy (non-hydrogen) atoms. The zero-order valence-electron chi connectivity index (χ0n) is 11.6. The lowest BCUT2D eigenvalue weighted by Gasteiger charge is -2.34. The summed E-state index contributed by atoms with van der Waals surface area (Å²) in [6.45, 7) is 2.82. The molecule has 1 aliphatic heterocycles. The lowest BCUT2D eigenvalue weighted by Crippen LogP contribution is -2.45. The summed E-state index contributed by atoms with van der Waals surface area (Å²) in [5.41, 5.74) is 0.0120. The van der Waals surface area contributed by atoms with Gasteiger partial charge in [-0.3, -0.25) is 4.90 Å². The molecule has 0 amide bonds. The van der Waals surface area contributed by atoms with Gasteiger partial charge in [-0.2, -0.15) is 0 Å². The van der Waals surface area contributed by atoms with Crippen LogP contribution in [0.3, 0.4) is 0 Å². The molecule has 0 radical (unpaired) electrons. The molecule has 0 unspecified atom stereocenters. The van der Waals surface area contributed by atoms with Crippen molar-refractivity contribution in [3.05, 3.63) is 56.5 Å². The van der Waals surface area contributed by atoms with E-state index in [1.54, 1.807) is 12.1 Å². The Morgan fingerprint density at radius 1 is 1.14 bits per heavy atom. The quantitative estimate of drug-likeness (QED) is 0.850. The maximum Gasteiger partial charge on any atom is 0.164 e. The molecule has 2 nitrogen and oxygen atoms in total. The first kappa shape index (κ1) is 15.8. The molecule has 1 aromatic heterocycles. The summed E-state index contributed by atoms with van der Waals surface area (Å²) in [4.78, 5) is 2.78. The fourth-order valence-electron chi connectivity index (χ4n) is 2.72. The van der Waals surface area contributed by atoms with Gasteiger partial charge in [0.15, 0.2) is 11.6 Å². The molecule has 0 saturated carbocycles. The van der Waals surface area contributed by atoms with Gasteiger partial charge < -0.3 is 5.32 Å². The molecular weight excluding hydrogens is 333 g/mol. The molecule has 7 heteroatoms. The molecule has 118 valence electrons. The van der Waals surface area contributed by atoms with E-state index in [4.69, 9.17) is 11.6 Å². The highest BCUT2D eigenvalue weighted by Gasteiger charge is 2.29. The van der Waals surface area contributed by atoms with Gasteiger partial charge in [0.05, 0.1) is 10.4 Å². The average molecular weight is 347 g/mol. The molecule has 2 aromatic rings. The fourth-order valence-corrected chi connectivity index (χ4v) is 3.94. The van der Waals surface area contributed by atoms with Gasteiger partial charge in [0.2, 0.25) is 0 Å². The van der Waals surface area contributed by atoms with Crippen LogP contribution in [0.15, 0.2) is 24.3 Å². The second kappa shape index (κ2) is 6.58. The lowest BCUT2D eigenvalue weighted by atomic mass is 10.0. The van der Waals surface area contributed by atoms with E-state index in [1.165, 1.54) is 11.3 Å². The Hall–Kier alpha value is -1.08. The van der Waals surface area contributed by atoms with Crippen LogP contribution in [0.5, 0.6) is 0 Å². The van der Waals surface area contributed by atoms with Crippen LogP contribution in [0.4, 0.5) is 13.2 Å². The molecule has 0 bridgehead atoms. The molecule has 0 aliphatic carbocycles. The Balaban J connectivity index is 2.08. The number of hydrogen-bond acceptors (Lipinski definition) is 3. The van der Waals surface area contributed by atoms with Crippen molar-refractivity contribution in [1.29, 1.82) is 0 Å². The largest absolute Gasteiger partial charge is 0.314 e. The van der Waals surface area contributed by atoms with Gasteiger partial charge in [0, 0.05) is 42.7 Å². The van der Waals surface area contributed by atoms with Gasteiger partial charge in [0.25, 0.3) is 0 Å². The van der Waals surface area contributed by atoms with E-state index in [2.05, 4.69) is 5.32 Å². The maximum atomic E-state index is 14.3. The van der Waals surface area contributed by atoms with Gasteiger partial charge >= 0.3 is 0 Å². The van der Waals surface area contributed by atoms with Gasteiger partial charge in [-0.1, -0.05) is 11.6 Å². The van der Waals surface area contributed by atoms with Crippen LogP contribution < -0.4 is 5.32 Å². The third-order valence-electron chi connectivity index (χ3n) is 3.70. The van der Waals surface area contributed by atoms with Crippen molar-refractivity contribution < 1.29 is 13.2 Å². The van der Waals surface area contributed by atoms with Gasteiger partial charge in [-0.05, 0) is 18.2 Å². The topological polar surface area (TPSA) is 15.3 Å². The molecule has 1 fully saturated rings. The minimum Gasteiger partial charge on any atom is -0.314 e. The van der Waals surface area contributed by atoms with Crippen molar-refractivity contribution in [3.8, 4) is 0 Å². The number of benzene rings is 1. The van der Waals surface area contributed by atoms with E-state index in [9.17, 15) is 13.2 Å². The summed E-state index contributed by atoms with van der Waals surface area (Å²) < 4.78 is 42.0. The third-order valence-corrected chi connectivity index (χ3v) is 4.98. The first-order valence-electron chi connectivity index (χ1n) is 6.90. The van der Waals surface area contributed by atoms with Crippen molar-refractivity contribution in [2.75, 3.05) is 26.2 Å². The average Bonchev–Trinajstić information content (AvgIpc) is 2.92. The van der Waals surface area contributed by atoms with E-state index in [-0.39, 0.29) is 5.56 Å². The SMILES string of the molecule is Fc1cc(F)c(F)c([C@H](c2ccc(Cl)s2)N2CCNCC2)c1. The zero-order chi connectivity index (χ0) is 15.7. The van der Waals surface area contributed by atoms with Crippen LogP contribution >= 0.6 is 22.9 Å². The predicted octanol–water partition coefficient (Wildman–Crippen LogP) is 3.81. The maximum absolute atomic E-state index is 14.3. The smallest absolute Gasteiger partial charge is 0.164 e. The number of nitrogens with zero attached hydrogens (tertiary/aromatic N) is 1. The molecule has 3 rings (SSSR count). The van der Waals surface area contributed by atoms with Crippen molar-refractivity contribution in [1.82, 2.24) is 10.2 Å². The van der Waals surface area contributed by atoms with Crippen molar-refractivity contribution in [2.24, 2.45) is 0 Å². The summed E-state index contributed by atoms with van der Waals surface area (Å²) in [6.07, 6.45) is 0.